The van der Waals surface area contributed by atoms with Gasteiger partial charge in [0.05, 0.1) is 13.1 Å². The predicted octanol–water partition coefficient (Wildman–Crippen LogP) is 2.62. The van der Waals surface area contributed by atoms with Gasteiger partial charge in [-0.05, 0) is 37.1 Å². The SMILES string of the molecule is NCc1nc(CN(c2ccc(F)cc2)C2CCCC2)no1. The predicted molar refractivity (Wildman–Crippen MR) is 77.0 cm³/mol. The van der Waals surface area contributed by atoms with E-state index >= 15 is 0 Å². The van der Waals surface area contributed by atoms with Crippen LogP contribution in [0.2, 0.25) is 0 Å². The highest BCUT2D eigenvalue weighted by atomic mass is 19.1. The number of hydrogen-bond donors (Lipinski definition) is 1. The highest BCUT2D eigenvalue weighted by Gasteiger charge is 2.24. The molecule has 0 saturated heterocycles. The number of anilines is 1. The summed E-state index contributed by atoms with van der Waals surface area (Å²) in [7, 11) is 0. The Balaban J connectivity index is 1.83. The van der Waals surface area contributed by atoms with Gasteiger partial charge in [-0.3, -0.25) is 0 Å². The molecular weight excluding hydrogens is 271 g/mol. The minimum absolute atomic E-state index is 0.227. The van der Waals surface area contributed by atoms with E-state index < -0.39 is 0 Å². The van der Waals surface area contributed by atoms with Crippen LogP contribution in [0.1, 0.15) is 37.4 Å². The van der Waals surface area contributed by atoms with Crippen molar-refractivity contribution in [3.63, 3.8) is 0 Å². The van der Waals surface area contributed by atoms with E-state index in [9.17, 15) is 4.39 Å². The quantitative estimate of drug-likeness (QED) is 0.916. The molecule has 1 fully saturated rings. The third kappa shape index (κ3) is 3.21. The minimum Gasteiger partial charge on any atom is -0.361 e. The highest BCUT2D eigenvalue weighted by Crippen LogP contribution is 2.29. The first-order chi connectivity index (χ1) is 10.3. The van der Waals surface area contributed by atoms with Gasteiger partial charge in [-0.15, -0.1) is 0 Å². The van der Waals surface area contributed by atoms with E-state index in [1.54, 1.807) is 12.1 Å². The molecule has 2 N–H and O–H groups in total. The fourth-order valence-electron chi connectivity index (χ4n) is 2.87. The molecule has 0 unspecified atom stereocenters. The summed E-state index contributed by atoms with van der Waals surface area (Å²) < 4.78 is 18.2. The molecule has 0 atom stereocenters. The molecule has 2 aromatic rings. The Morgan fingerprint density at radius 3 is 2.57 bits per heavy atom. The summed E-state index contributed by atoms with van der Waals surface area (Å²) in [4.78, 5) is 6.50. The molecule has 1 saturated carbocycles. The summed E-state index contributed by atoms with van der Waals surface area (Å²) in [6.45, 7) is 0.798. The van der Waals surface area contributed by atoms with E-state index in [0.717, 1.165) is 18.5 Å². The smallest absolute Gasteiger partial charge is 0.240 e. The summed E-state index contributed by atoms with van der Waals surface area (Å²) >= 11 is 0. The summed E-state index contributed by atoms with van der Waals surface area (Å²) in [5, 5.41) is 3.96. The Morgan fingerprint density at radius 2 is 1.95 bits per heavy atom. The van der Waals surface area contributed by atoms with Crippen molar-refractivity contribution in [2.24, 2.45) is 5.73 Å². The number of hydrogen-bond acceptors (Lipinski definition) is 5. The lowest BCUT2D eigenvalue weighted by Gasteiger charge is -2.30. The van der Waals surface area contributed by atoms with Crippen molar-refractivity contribution in [1.29, 1.82) is 0 Å². The molecule has 1 aliphatic rings. The molecule has 0 radical (unpaired) electrons. The summed E-state index contributed by atoms with van der Waals surface area (Å²) in [5.74, 6) is 0.831. The number of nitrogens with zero attached hydrogens (tertiary/aromatic N) is 3. The molecule has 0 amide bonds. The second kappa shape index (κ2) is 6.22. The number of benzene rings is 1. The molecule has 5 nitrogen and oxygen atoms in total. The average Bonchev–Trinajstić information content (AvgIpc) is 3.17. The Hall–Kier alpha value is -1.95. The zero-order valence-corrected chi connectivity index (χ0v) is 11.8. The summed E-state index contributed by atoms with van der Waals surface area (Å²) in [6, 6.07) is 7.02. The van der Waals surface area contributed by atoms with Crippen LogP contribution in [0.3, 0.4) is 0 Å². The van der Waals surface area contributed by atoms with E-state index in [2.05, 4.69) is 15.0 Å². The Bertz CT molecular complexity index is 578. The Morgan fingerprint density at radius 1 is 1.24 bits per heavy atom. The van der Waals surface area contributed by atoms with Crippen molar-refractivity contribution < 1.29 is 8.91 Å². The van der Waals surface area contributed by atoms with Crippen LogP contribution in [0.4, 0.5) is 10.1 Å². The third-order valence-corrected chi connectivity index (χ3v) is 3.92. The third-order valence-electron chi connectivity index (χ3n) is 3.92. The van der Waals surface area contributed by atoms with Gasteiger partial charge in [-0.25, -0.2) is 4.39 Å². The van der Waals surface area contributed by atoms with Crippen LogP contribution in [0.25, 0.3) is 0 Å². The number of nitrogens with two attached hydrogens (primary N) is 1. The van der Waals surface area contributed by atoms with Crippen LogP contribution in [-0.4, -0.2) is 16.2 Å². The van der Waals surface area contributed by atoms with Crippen molar-refractivity contribution >= 4 is 5.69 Å². The molecule has 1 aliphatic carbocycles. The molecule has 112 valence electrons. The number of halogens is 1. The van der Waals surface area contributed by atoms with Crippen molar-refractivity contribution in [1.82, 2.24) is 10.1 Å². The normalized spacial score (nSPS) is 15.5. The second-order valence-electron chi connectivity index (χ2n) is 5.35. The average molecular weight is 290 g/mol. The van der Waals surface area contributed by atoms with Crippen molar-refractivity contribution in [3.05, 3.63) is 41.8 Å². The van der Waals surface area contributed by atoms with Crippen LogP contribution in [0.5, 0.6) is 0 Å². The monoisotopic (exact) mass is 290 g/mol. The molecular formula is C15H19FN4O. The lowest BCUT2D eigenvalue weighted by Crippen LogP contribution is -2.33. The fourth-order valence-corrected chi connectivity index (χ4v) is 2.87. The maximum atomic E-state index is 13.1. The molecule has 1 heterocycles. The van der Waals surface area contributed by atoms with Gasteiger partial charge in [0.25, 0.3) is 0 Å². The molecule has 0 bridgehead atoms. The molecule has 0 spiro atoms. The van der Waals surface area contributed by atoms with Crippen molar-refractivity contribution in [3.8, 4) is 0 Å². The van der Waals surface area contributed by atoms with Gasteiger partial charge in [0, 0.05) is 11.7 Å². The number of aromatic nitrogens is 2. The van der Waals surface area contributed by atoms with E-state index in [0.29, 0.717) is 24.3 Å². The Labute approximate surface area is 122 Å². The van der Waals surface area contributed by atoms with Crippen LogP contribution >= 0.6 is 0 Å². The first kappa shape index (κ1) is 14.0. The molecule has 3 rings (SSSR count). The number of rotatable bonds is 5. The van der Waals surface area contributed by atoms with E-state index in [4.69, 9.17) is 10.3 Å². The van der Waals surface area contributed by atoms with Gasteiger partial charge in [0.2, 0.25) is 5.89 Å². The maximum absolute atomic E-state index is 13.1. The van der Waals surface area contributed by atoms with Crippen LogP contribution in [0, 0.1) is 5.82 Å². The fraction of sp³-hybridized carbons (Fsp3) is 0.467. The van der Waals surface area contributed by atoms with Gasteiger partial charge < -0.3 is 15.2 Å². The molecule has 21 heavy (non-hydrogen) atoms. The van der Waals surface area contributed by atoms with Crippen LogP contribution in [-0.2, 0) is 13.1 Å². The lowest BCUT2D eigenvalue weighted by molar-refractivity contribution is 0.373. The topological polar surface area (TPSA) is 68.2 Å². The lowest BCUT2D eigenvalue weighted by atomic mass is 10.1. The first-order valence-corrected chi connectivity index (χ1v) is 7.30. The van der Waals surface area contributed by atoms with Crippen LogP contribution < -0.4 is 10.6 Å². The van der Waals surface area contributed by atoms with E-state index in [1.807, 2.05) is 0 Å². The van der Waals surface area contributed by atoms with Gasteiger partial charge in [-0.2, -0.15) is 4.98 Å². The minimum atomic E-state index is -0.227. The van der Waals surface area contributed by atoms with Crippen molar-refractivity contribution in [2.45, 2.75) is 44.8 Å². The molecule has 6 heteroatoms. The van der Waals surface area contributed by atoms with Crippen molar-refractivity contribution in [2.75, 3.05) is 4.90 Å². The van der Waals surface area contributed by atoms with E-state index in [-0.39, 0.29) is 12.4 Å². The van der Waals surface area contributed by atoms with Gasteiger partial charge in [-0.1, -0.05) is 18.0 Å². The van der Waals surface area contributed by atoms with E-state index in [1.165, 1.54) is 25.0 Å². The molecule has 1 aromatic carbocycles. The largest absolute Gasteiger partial charge is 0.361 e. The Kier molecular flexibility index (Phi) is 4.15. The van der Waals surface area contributed by atoms with Gasteiger partial charge >= 0.3 is 0 Å². The van der Waals surface area contributed by atoms with Gasteiger partial charge in [0.15, 0.2) is 5.82 Å². The zero-order chi connectivity index (χ0) is 14.7. The summed E-state index contributed by atoms with van der Waals surface area (Å²) in [6.07, 6.45) is 4.73. The standard InChI is InChI=1S/C15H19FN4O/c16-11-5-7-13(8-6-11)20(12-3-1-2-4-12)10-14-18-15(9-17)21-19-14/h5-8,12H,1-4,9-10,17H2. The first-order valence-electron chi connectivity index (χ1n) is 7.30. The highest BCUT2D eigenvalue weighted by molar-refractivity contribution is 5.47. The summed E-state index contributed by atoms with van der Waals surface area (Å²) in [5.41, 5.74) is 6.48. The maximum Gasteiger partial charge on any atom is 0.240 e. The zero-order valence-electron chi connectivity index (χ0n) is 11.8. The van der Waals surface area contributed by atoms with Gasteiger partial charge in [0.1, 0.15) is 5.82 Å². The molecule has 1 aromatic heterocycles. The second-order valence-corrected chi connectivity index (χ2v) is 5.35. The van der Waals surface area contributed by atoms with Crippen LogP contribution in [0.15, 0.2) is 28.8 Å². The molecule has 0 aliphatic heterocycles.